The topological polar surface area (TPSA) is 91.1 Å². The van der Waals surface area contributed by atoms with Gasteiger partial charge in [0.05, 0.1) is 5.69 Å². The van der Waals surface area contributed by atoms with Crippen molar-refractivity contribution in [2.24, 2.45) is 5.92 Å². The average molecular weight is 418 g/mol. The third kappa shape index (κ3) is 5.00. The first-order valence-corrected chi connectivity index (χ1v) is 10.8. The summed E-state index contributed by atoms with van der Waals surface area (Å²) in [4.78, 5) is 14.9. The van der Waals surface area contributed by atoms with Crippen LogP contribution in [-0.2, 0) is 9.47 Å². The van der Waals surface area contributed by atoms with E-state index in [1.807, 2.05) is 20.8 Å². The van der Waals surface area contributed by atoms with Crippen LogP contribution in [0, 0.1) is 5.92 Å². The Kier molecular flexibility index (Phi) is 6.08. The van der Waals surface area contributed by atoms with Crippen LogP contribution in [0.1, 0.15) is 59.3 Å². The van der Waals surface area contributed by atoms with Crippen molar-refractivity contribution in [3.05, 3.63) is 12.4 Å². The second-order valence-corrected chi connectivity index (χ2v) is 9.14. The van der Waals surface area contributed by atoms with E-state index in [9.17, 15) is 4.79 Å². The molecule has 2 aromatic rings. The van der Waals surface area contributed by atoms with Crippen LogP contribution in [0.3, 0.4) is 0 Å². The number of aromatic nitrogens is 4. The summed E-state index contributed by atoms with van der Waals surface area (Å²) in [7, 11) is 0. The van der Waals surface area contributed by atoms with Crippen molar-refractivity contribution in [3.63, 3.8) is 0 Å². The molecule has 2 aliphatic rings. The van der Waals surface area contributed by atoms with Gasteiger partial charge < -0.3 is 14.2 Å². The number of anilines is 1. The van der Waals surface area contributed by atoms with Gasteiger partial charge in [0, 0.05) is 25.8 Å². The Hall–Kier alpha value is -2.42. The first kappa shape index (κ1) is 20.8. The summed E-state index contributed by atoms with van der Waals surface area (Å²) in [5.74, 6) is 0.798. The van der Waals surface area contributed by atoms with Crippen LogP contribution in [-0.4, -0.2) is 57.4 Å². The molecule has 3 heterocycles. The van der Waals surface area contributed by atoms with E-state index in [-0.39, 0.29) is 6.10 Å². The van der Waals surface area contributed by atoms with Gasteiger partial charge in [-0.1, -0.05) is 0 Å². The van der Waals surface area contributed by atoms with E-state index in [1.54, 1.807) is 15.5 Å². The van der Waals surface area contributed by atoms with E-state index in [1.165, 1.54) is 19.2 Å². The van der Waals surface area contributed by atoms with Gasteiger partial charge in [-0.15, -0.1) is 15.3 Å². The molecule has 9 heteroatoms. The Bertz CT molecular complexity index is 866. The summed E-state index contributed by atoms with van der Waals surface area (Å²) in [6.07, 6.45) is 7.46. The molecule has 1 saturated heterocycles. The highest BCUT2D eigenvalue weighted by atomic mass is 16.6. The predicted octanol–water partition coefficient (Wildman–Crippen LogP) is 3.61. The number of rotatable bonds is 5. The number of carbonyl (C=O) groups is 1. The van der Waals surface area contributed by atoms with E-state index in [4.69, 9.17) is 14.2 Å². The second-order valence-electron chi connectivity index (χ2n) is 9.14. The van der Waals surface area contributed by atoms with Gasteiger partial charge in [-0.3, -0.25) is 4.90 Å². The van der Waals surface area contributed by atoms with Crippen molar-refractivity contribution >= 4 is 17.4 Å². The lowest BCUT2D eigenvalue weighted by Gasteiger charge is -2.31. The number of amides is 1. The van der Waals surface area contributed by atoms with Gasteiger partial charge in [0.1, 0.15) is 18.0 Å². The highest BCUT2D eigenvalue weighted by molar-refractivity contribution is 5.92. The van der Waals surface area contributed by atoms with Gasteiger partial charge in [0.2, 0.25) is 11.5 Å². The Labute approximate surface area is 176 Å². The van der Waals surface area contributed by atoms with E-state index in [0.29, 0.717) is 42.9 Å². The highest BCUT2D eigenvalue weighted by Gasteiger charge is 2.30. The number of hydrogen-bond donors (Lipinski definition) is 0. The van der Waals surface area contributed by atoms with Crippen molar-refractivity contribution in [1.82, 2.24) is 19.8 Å². The Morgan fingerprint density at radius 1 is 1.23 bits per heavy atom. The molecule has 1 aliphatic heterocycles. The molecule has 0 atom stereocenters. The SMILES string of the molecule is CC(C)(C)OC(=O)N(CC1CCOCC1)c1cc(OC2CCCC2)nn2cnnc12. The van der Waals surface area contributed by atoms with Crippen molar-refractivity contribution in [2.75, 3.05) is 24.7 Å². The molecule has 0 spiro atoms. The van der Waals surface area contributed by atoms with Gasteiger partial charge >= 0.3 is 6.09 Å². The zero-order valence-electron chi connectivity index (χ0n) is 18.0. The summed E-state index contributed by atoms with van der Waals surface area (Å²) >= 11 is 0. The smallest absolute Gasteiger partial charge is 0.414 e. The summed E-state index contributed by atoms with van der Waals surface area (Å²) in [6.45, 7) is 7.54. The minimum atomic E-state index is -0.606. The minimum absolute atomic E-state index is 0.157. The molecule has 164 valence electrons. The van der Waals surface area contributed by atoms with Crippen LogP contribution in [0.4, 0.5) is 10.5 Å². The lowest BCUT2D eigenvalue weighted by molar-refractivity contribution is 0.0515. The molecule has 0 bridgehead atoms. The fourth-order valence-corrected chi connectivity index (χ4v) is 4.00. The van der Waals surface area contributed by atoms with Crippen molar-refractivity contribution in [1.29, 1.82) is 0 Å². The maximum Gasteiger partial charge on any atom is 0.414 e. The molecule has 2 aromatic heterocycles. The van der Waals surface area contributed by atoms with Gasteiger partial charge in [0.25, 0.3) is 0 Å². The minimum Gasteiger partial charge on any atom is -0.473 e. The summed E-state index contributed by atoms with van der Waals surface area (Å²) in [5.41, 5.74) is 0.508. The Morgan fingerprint density at radius 2 is 1.97 bits per heavy atom. The van der Waals surface area contributed by atoms with E-state index < -0.39 is 11.7 Å². The number of carbonyl (C=O) groups excluding carboxylic acids is 1. The van der Waals surface area contributed by atoms with Gasteiger partial charge in [-0.05, 0) is 65.2 Å². The monoisotopic (exact) mass is 417 g/mol. The molecule has 0 N–H and O–H groups in total. The van der Waals surface area contributed by atoms with Crippen LogP contribution in [0.15, 0.2) is 12.4 Å². The number of ether oxygens (including phenoxy) is 3. The third-order valence-electron chi connectivity index (χ3n) is 5.50. The largest absolute Gasteiger partial charge is 0.473 e. The number of fused-ring (bicyclic) bond motifs is 1. The summed E-state index contributed by atoms with van der Waals surface area (Å²) in [6, 6.07) is 1.80. The van der Waals surface area contributed by atoms with Gasteiger partial charge in [-0.2, -0.15) is 4.52 Å². The first-order chi connectivity index (χ1) is 14.4. The summed E-state index contributed by atoms with van der Waals surface area (Å²) < 4.78 is 18.9. The summed E-state index contributed by atoms with van der Waals surface area (Å²) in [5, 5.41) is 12.7. The zero-order chi connectivity index (χ0) is 21.1. The Morgan fingerprint density at radius 3 is 2.67 bits per heavy atom. The molecule has 1 saturated carbocycles. The average Bonchev–Trinajstić information content (AvgIpc) is 3.37. The molecule has 4 rings (SSSR count). The van der Waals surface area contributed by atoms with Crippen molar-refractivity contribution in [2.45, 2.75) is 71.0 Å². The molecule has 9 nitrogen and oxygen atoms in total. The highest BCUT2D eigenvalue weighted by Crippen LogP contribution is 2.30. The fraction of sp³-hybridized carbons (Fsp3) is 0.714. The lowest BCUT2D eigenvalue weighted by Crippen LogP contribution is -2.41. The van der Waals surface area contributed by atoms with Crippen LogP contribution < -0.4 is 9.64 Å². The quantitative estimate of drug-likeness (QED) is 0.734. The van der Waals surface area contributed by atoms with E-state index in [2.05, 4.69) is 15.3 Å². The molecular weight excluding hydrogens is 386 g/mol. The van der Waals surface area contributed by atoms with Crippen LogP contribution in [0.25, 0.3) is 5.65 Å². The maximum absolute atomic E-state index is 13.2. The zero-order valence-corrected chi connectivity index (χ0v) is 18.0. The van der Waals surface area contributed by atoms with E-state index >= 15 is 0 Å². The van der Waals surface area contributed by atoms with E-state index in [0.717, 1.165) is 25.7 Å². The van der Waals surface area contributed by atoms with Gasteiger partial charge in [-0.25, -0.2) is 4.79 Å². The second kappa shape index (κ2) is 8.75. The predicted molar refractivity (Wildman–Crippen MR) is 111 cm³/mol. The standard InChI is InChI=1S/C21H31N5O4/c1-21(2,3)30-20(27)25(13-15-8-10-28-11-9-15)17-12-18(29-16-6-4-5-7-16)24-26-14-22-23-19(17)26/h12,14-16H,4-11,13H2,1-3H3. The van der Waals surface area contributed by atoms with Crippen LogP contribution in [0.5, 0.6) is 5.88 Å². The third-order valence-corrected chi connectivity index (χ3v) is 5.50. The molecule has 30 heavy (non-hydrogen) atoms. The molecule has 2 fully saturated rings. The van der Waals surface area contributed by atoms with Gasteiger partial charge in [0.15, 0.2) is 0 Å². The molecule has 1 amide bonds. The molecule has 0 radical (unpaired) electrons. The van der Waals surface area contributed by atoms with Crippen molar-refractivity contribution in [3.8, 4) is 5.88 Å². The molecular formula is C21H31N5O4. The molecule has 0 unspecified atom stereocenters. The first-order valence-electron chi connectivity index (χ1n) is 10.8. The Balaban J connectivity index is 1.68. The normalized spacial score (nSPS) is 18.6. The van der Waals surface area contributed by atoms with Crippen molar-refractivity contribution < 1.29 is 19.0 Å². The lowest BCUT2D eigenvalue weighted by atomic mass is 9.99. The van der Waals surface area contributed by atoms with Crippen LogP contribution >= 0.6 is 0 Å². The molecule has 0 aromatic carbocycles. The number of hydrogen-bond acceptors (Lipinski definition) is 7. The van der Waals surface area contributed by atoms with Crippen LogP contribution in [0.2, 0.25) is 0 Å². The molecule has 1 aliphatic carbocycles. The maximum atomic E-state index is 13.2. The fourth-order valence-electron chi connectivity index (χ4n) is 4.00. The number of nitrogens with zero attached hydrogens (tertiary/aromatic N) is 5.